The Labute approximate surface area is 210 Å². The summed E-state index contributed by atoms with van der Waals surface area (Å²) in [5.74, 6) is -0.854. The highest BCUT2D eigenvalue weighted by Crippen LogP contribution is 2.29. The lowest BCUT2D eigenvalue weighted by Gasteiger charge is -2.26. The molecule has 0 spiro atoms. The maximum atomic E-state index is 13.0. The summed E-state index contributed by atoms with van der Waals surface area (Å²) in [5, 5.41) is 2.67. The van der Waals surface area contributed by atoms with Crippen molar-refractivity contribution in [3.8, 4) is 5.75 Å². The van der Waals surface area contributed by atoms with Crippen molar-refractivity contribution in [2.45, 2.75) is 20.5 Å². The standard InChI is InChI=1S/C26H20BrClN2O4/c1-15-9-16(2)11-18(10-15)14-34-23-8-3-17(13-22(23)27)12-21-24(31)29-26(33)30(25(21)32)20-6-4-19(28)5-7-20/h3-13H,14H2,1-2H3,(H,29,31,33)/b21-12+. The summed E-state index contributed by atoms with van der Waals surface area (Å²) in [5.41, 5.74) is 4.14. The van der Waals surface area contributed by atoms with E-state index in [2.05, 4.69) is 39.4 Å². The Morgan fingerprint density at radius 3 is 2.29 bits per heavy atom. The van der Waals surface area contributed by atoms with Crippen LogP contribution in [0.5, 0.6) is 5.75 Å². The average molecular weight is 540 g/mol. The highest BCUT2D eigenvalue weighted by Gasteiger charge is 2.36. The van der Waals surface area contributed by atoms with Gasteiger partial charge in [0.15, 0.2) is 0 Å². The van der Waals surface area contributed by atoms with Crippen LogP contribution in [0.4, 0.5) is 10.5 Å². The fourth-order valence-corrected chi connectivity index (χ4v) is 4.32. The largest absolute Gasteiger partial charge is 0.488 e. The van der Waals surface area contributed by atoms with Crippen LogP contribution < -0.4 is 15.0 Å². The molecule has 3 aromatic rings. The van der Waals surface area contributed by atoms with Gasteiger partial charge in [-0.3, -0.25) is 14.9 Å². The van der Waals surface area contributed by atoms with Crippen molar-refractivity contribution in [3.05, 3.63) is 98.0 Å². The van der Waals surface area contributed by atoms with Crippen LogP contribution in [-0.2, 0) is 16.2 Å². The van der Waals surface area contributed by atoms with Crippen LogP contribution in [0.3, 0.4) is 0 Å². The third-order valence-corrected chi connectivity index (χ3v) is 6.00. The molecule has 4 rings (SSSR count). The summed E-state index contributed by atoms with van der Waals surface area (Å²) in [6.45, 7) is 4.48. The number of carbonyl (C=O) groups is 3. The Morgan fingerprint density at radius 2 is 1.65 bits per heavy atom. The number of ether oxygens (including phenoxy) is 1. The van der Waals surface area contributed by atoms with Gasteiger partial charge in [0, 0.05) is 5.02 Å². The first-order valence-corrected chi connectivity index (χ1v) is 11.5. The van der Waals surface area contributed by atoms with Gasteiger partial charge in [-0.2, -0.15) is 0 Å². The molecule has 0 aromatic heterocycles. The Balaban J connectivity index is 1.55. The number of amides is 4. The first-order chi connectivity index (χ1) is 16.2. The molecule has 172 valence electrons. The van der Waals surface area contributed by atoms with Crippen molar-refractivity contribution in [1.82, 2.24) is 5.32 Å². The van der Waals surface area contributed by atoms with Gasteiger partial charge in [0.25, 0.3) is 11.8 Å². The van der Waals surface area contributed by atoms with E-state index < -0.39 is 17.8 Å². The van der Waals surface area contributed by atoms with Crippen molar-refractivity contribution in [1.29, 1.82) is 0 Å². The highest BCUT2D eigenvalue weighted by atomic mass is 79.9. The number of halogens is 2. The molecule has 0 radical (unpaired) electrons. The molecule has 3 aromatic carbocycles. The van der Waals surface area contributed by atoms with Gasteiger partial charge in [-0.25, -0.2) is 9.69 Å². The maximum absolute atomic E-state index is 13.0. The molecule has 1 N–H and O–H groups in total. The highest BCUT2D eigenvalue weighted by molar-refractivity contribution is 9.10. The number of barbiturate groups is 1. The number of imide groups is 2. The van der Waals surface area contributed by atoms with E-state index >= 15 is 0 Å². The lowest BCUT2D eigenvalue weighted by molar-refractivity contribution is -0.122. The minimum Gasteiger partial charge on any atom is -0.488 e. The maximum Gasteiger partial charge on any atom is 0.335 e. The second-order valence-corrected chi connectivity index (χ2v) is 9.20. The smallest absolute Gasteiger partial charge is 0.335 e. The predicted molar refractivity (Wildman–Crippen MR) is 135 cm³/mol. The summed E-state index contributed by atoms with van der Waals surface area (Å²) in [6.07, 6.45) is 1.44. The predicted octanol–water partition coefficient (Wildman–Crippen LogP) is 5.96. The second kappa shape index (κ2) is 9.83. The third kappa shape index (κ3) is 5.21. The number of hydrogen-bond donors (Lipinski definition) is 1. The SMILES string of the molecule is Cc1cc(C)cc(COc2ccc(/C=C3\C(=O)NC(=O)N(c4ccc(Cl)cc4)C3=O)cc2Br)c1. The second-order valence-electron chi connectivity index (χ2n) is 7.91. The van der Waals surface area contributed by atoms with Crippen LogP contribution in [0.25, 0.3) is 6.08 Å². The molecule has 34 heavy (non-hydrogen) atoms. The zero-order valence-electron chi connectivity index (χ0n) is 18.4. The monoisotopic (exact) mass is 538 g/mol. The first kappa shape index (κ1) is 23.7. The zero-order chi connectivity index (χ0) is 24.4. The van der Waals surface area contributed by atoms with Crippen molar-refractivity contribution < 1.29 is 19.1 Å². The number of carbonyl (C=O) groups excluding carboxylic acids is 3. The summed E-state index contributed by atoms with van der Waals surface area (Å²) in [4.78, 5) is 38.6. The van der Waals surface area contributed by atoms with Gasteiger partial charge in [-0.1, -0.05) is 47.0 Å². The van der Waals surface area contributed by atoms with Crippen LogP contribution in [0.15, 0.2) is 70.7 Å². The van der Waals surface area contributed by atoms with Crippen molar-refractivity contribution in [3.63, 3.8) is 0 Å². The molecule has 0 atom stereocenters. The molecule has 0 unspecified atom stereocenters. The summed E-state index contributed by atoms with van der Waals surface area (Å²) in [6, 6.07) is 16.9. The molecule has 0 aliphatic carbocycles. The number of nitrogens with one attached hydrogen (secondary N) is 1. The lowest BCUT2D eigenvalue weighted by Crippen LogP contribution is -2.54. The molecule has 8 heteroatoms. The molecule has 1 aliphatic rings. The fraction of sp³-hybridized carbons (Fsp3) is 0.115. The molecule has 0 bridgehead atoms. The van der Waals surface area contributed by atoms with E-state index in [0.717, 1.165) is 10.5 Å². The number of aryl methyl sites for hydroxylation is 2. The Bertz CT molecular complexity index is 1310. The molecule has 1 fully saturated rings. The van der Waals surface area contributed by atoms with Gasteiger partial charge in [0.2, 0.25) is 0 Å². The molecule has 4 amide bonds. The average Bonchev–Trinajstić information content (AvgIpc) is 2.76. The Morgan fingerprint density at radius 1 is 0.971 bits per heavy atom. The van der Waals surface area contributed by atoms with Gasteiger partial charge in [-0.15, -0.1) is 0 Å². The van der Waals surface area contributed by atoms with Gasteiger partial charge >= 0.3 is 6.03 Å². The number of anilines is 1. The number of hydrogen-bond acceptors (Lipinski definition) is 4. The van der Waals surface area contributed by atoms with Gasteiger partial charge in [0.1, 0.15) is 17.9 Å². The normalized spacial score (nSPS) is 15.0. The fourth-order valence-electron chi connectivity index (χ4n) is 3.69. The Kier molecular flexibility index (Phi) is 6.86. The van der Waals surface area contributed by atoms with Crippen LogP contribution >= 0.6 is 27.5 Å². The van der Waals surface area contributed by atoms with Gasteiger partial charge in [-0.05, 0) is 83.4 Å². The molecular formula is C26H20BrClN2O4. The molecule has 6 nitrogen and oxygen atoms in total. The van der Waals surface area contributed by atoms with Crippen molar-refractivity contribution >= 4 is 57.1 Å². The van der Waals surface area contributed by atoms with E-state index in [1.54, 1.807) is 30.3 Å². The molecular weight excluding hydrogens is 520 g/mol. The van der Waals surface area contributed by atoms with Gasteiger partial charge in [0.05, 0.1) is 10.2 Å². The quantitative estimate of drug-likeness (QED) is 0.320. The minimum absolute atomic E-state index is 0.162. The molecule has 1 saturated heterocycles. The van der Waals surface area contributed by atoms with Crippen LogP contribution in [0, 0.1) is 13.8 Å². The summed E-state index contributed by atoms with van der Waals surface area (Å²) < 4.78 is 6.61. The van der Waals surface area contributed by atoms with E-state index in [0.29, 0.717) is 33.1 Å². The van der Waals surface area contributed by atoms with Crippen molar-refractivity contribution in [2.24, 2.45) is 0 Å². The number of urea groups is 1. The summed E-state index contributed by atoms with van der Waals surface area (Å²) in [7, 11) is 0. The number of rotatable bonds is 5. The van der Waals surface area contributed by atoms with Crippen molar-refractivity contribution in [2.75, 3.05) is 4.90 Å². The Hall–Kier alpha value is -3.42. The molecule has 1 aliphatic heterocycles. The van der Waals surface area contributed by atoms with E-state index in [1.807, 2.05) is 13.8 Å². The lowest BCUT2D eigenvalue weighted by atomic mass is 10.1. The van der Waals surface area contributed by atoms with E-state index in [4.69, 9.17) is 16.3 Å². The van der Waals surface area contributed by atoms with E-state index in [9.17, 15) is 14.4 Å². The van der Waals surface area contributed by atoms with Crippen LogP contribution in [-0.4, -0.2) is 17.8 Å². The van der Waals surface area contributed by atoms with Gasteiger partial charge < -0.3 is 4.74 Å². The summed E-state index contributed by atoms with van der Waals surface area (Å²) >= 11 is 9.39. The molecule has 1 heterocycles. The zero-order valence-corrected chi connectivity index (χ0v) is 20.7. The number of nitrogens with zero attached hydrogens (tertiary/aromatic N) is 1. The molecule has 0 saturated carbocycles. The van der Waals surface area contributed by atoms with Crippen LogP contribution in [0.1, 0.15) is 22.3 Å². The van der Waals surface area contributed by atoms with E-state index in [-0.39, 0.29) is 5.57 Å². The van der Waals surface area contributed by atoms with E-state index in [1.165, 1.54) is 29.3 Å². The third-order valence-electron chi connectivity index (χ3n) is 5.13. The van der Waals surface area contributed by atoms with Crippen LogP contribution in [0.2, 0.25) is 5.02 Å². The number of benzene rings is 3. The topological polar surface area (TPSA) is 75.7 Å². The first-order valence-electron chi connectivity index (χ1n) is 10.4. The minimum atomic E-state index is -0.814.